The third-order valence-corrected chi connectivity index (χ3v) is 4.16. The largest absolute Gasteiger partial charge is 0.379 e. The van der Waals surface area contributed by atoms with E-state index in [2.05, 4.69) is 21.7 Å². The Morgan fingerprint density at radius 3 is 2.70 bits per heavy atom. The van der Waals surface area contributed by atoms with E-state index in [1.54, 1.807) is 18.2 Å². The van der Waals surface area contributed by atoms with E-state index < -0.39 is 0 Å². The molecule has 1 N–H and O–H groups in total. The van der Waals surface area contributed by atoms with Crippen molar-refractivity contribution < 1.29 is 9.13 Å². The van der Waals surface area contributed by atoms with Crippen molar-refractivity contribution in [3.63, 3.8) is 0 Å². The van der Waals surface area contributed by atoms with Crippen molar-refractivity contribution in [2.75, 3.05) is 45.9 Å². The Bertz CT molecular complexity index is 503. The predicted molar refractivity (Wildman–Crippen MR) is 94.9 cm³/mol. The van der Waals surface area contributed by atoms with Crippen LogP contribution in [0.5, 0.6) is 0 Å². The molecule has 0 unspecified atom stereocenters. The van der Waals surface area contributed by atoms with Crippen LogP contribution in [0.2, 0.25) is 0 Å². The second-order valence-corrected chi connectivity index (χ2v) is 5.86. The lowest BCUT2D eigenvalue weighted by Crippen LogP contribution is -2.45. The molecule has 0 aromatic heterocycles. The fraction of sp³-hybridized carbons (Fsp3) is 0.471. The molecule has 0 saturated carbocycles. The summed E-state index contributed by atoms with van der Waals surface area (Å²) in [6.07, 6.45) is 1.78. The molecule has 1 saturated heterocycles. The molecule has 0 amide bonds. The number of benzene rings is 1. The van der Waals surface area contributed by atoms with Crippen molar-refractivity contribution in [2.45, 2.75) is 6.54 Å². The molecule has 0 aliphatic carbocycles. The lowest BCUT2D eigenvalue weighted by atomic mass is 10.2. The Hall–Kier alpha value is -1.50. The summed E-state index contributed by atoms with van der Waals surface area (Å²) in [5.41, 5.74) is 1.04. The minimum Gasteiger partial charge on any atom is -0.379 e. The third-order valence-electron chi connectivity index (χ3n) is 3.76. The molecule has 6 heteroatoms. The number of thiocarbonyl (C=S) groups is 1. The molecule has 1 fully saturated rings. The maximum atomic E-state index is 13.1. The van der Waals surface area contributed by atoms with Crippen LogP contribution in [0, 0.1) is 5.82 Å². The molecule has 23 heavy (non-hydrogen) atoms. The van der Waals surface area contributed by atoms with Crippen LogP contribution in [0.1, 0.15) is 5.56 Å². The lowest BCUT2D eigenvalue weighted by molar-refractivity contribution is 0.0357. The van der Waals surface area contributed by atoms with E-state index in [4.69, 9.17) is 17.0 Å². The van der Waals surface area contributed by atoms with Crippen molar-refractivity contribution in [2.24, 2.45) is 0 Å². The summed E-state index contributed by atoms with van der Waals surface area (Å²) in [5, 5.41) is 3.87. The molecule has 2 rings (SSSR count). The average Bonchev–Trinajstić information content (AvgIpc) is 2.59. The number of halogens is 1. The second kappa shape index (κ2) is 9.60. The van der Waals surface area contributed by atoms with Gasteiger partial charge in [0.2, 0.25) is 0 Å². The fourth-order valence-corrected chi connectivity index (χ4v) is 2.66. The second-order valence-electron chi connectivity index (χ2n) is 5.48. The molecule has 126 valence electrons. The zero-order chi connectivity index (χ0) is 16.5. The van der Waals surface area contributed by atoms with E-state index in [-0.39, 0.29) is 5.82 Å². The summed E-state index contributed by atoms with van der Waals surface area (Å²) in [5.74, 6) is -0.221. The number of rotatable bonds is 7. The highest BCUT2D eigenvalue weighted by atomic mass is 32.1. The molecule has 1 heterocycles. The molecular weight excluding hydrogens is 313 g/mol. The number of nitrogens with zero attached hydrogens (tertiary/aromatic N) is 2. The van der Waals surface area contributed by atoms with Gasteiger partial charge in [-0.2, -0.15) is 0 Å². The molecule has 1 aliphatic rings. The minimum atomic E-state index is -0.221. The van der Waals surface area contributed by atoms with Crippen LogP contribution >= 0.6 is 12.2 Å². The summed E-state index contributed by atoms with van der Waals surface area (Å²) < 4.78 is 18.4. The maximum absolute atomic E-state index is 13.1. The van der Waals surface area contributed by atoms with Gasteiger partial charge in [-0.15, -0.1) is 6.58 Å². The Labute approximate surface area is 142 Å². The first-order valence-corrected chi connectivity index (χ1v) is 8.28. The van der Waals surface area contributed by atoms with Crippen LogP contribution in [0.15, 0.2) is 36.9 Å². The van der Waals surface area contributed by atoms with Crippen molar-refractivity contribution in [1.82, 2.24) is 15.1 Å². The fourth-order valence-electron chi connectivity index (χ4n) is 2.42. The van der Waals surface area contributed by atoms with Gasteiger partial charge in [-0.25, -0.2) is 4.39 Å². The normalized spacial score (nSPS) is 15.2. The molecular formula is C17H24FN3OS. The maximum Gasteiger partial charge on any atom is 0.169 e. The van der Waals surface area contributed by atoms with E-state index >= 15 is 0 Å². The third kappa shape index (κ3) is 6.25. The Morgan fingerprint density at radius 1 is 1.35 bits per heavy atom. The van der Waals surface area contributed by atoms with Gasteiger partial charge in [0.15, 0.2) is 5.11 Å². The number of ether oxygens (including phenoxy) is 1. The highest BCUT2D eigenvalue weighted by Gasteiger charge is 2.14. The molecule has 0 atom stereocenters. The molecule has 0 bridgehead atoms. The Balaban J connectivity index is 1.93. The molecule has 4 nitrogen and oxygen atoms in total. The first-order chi connectivity index (χ1) is 11.2. The summed E-state index contributed by atoms with van der Waals surface area (Å²) in [7, 11) is 0. The Morgan fingerprint density at radius 2 is 2.04 bits per heavy atom. The lowest BCUT2D eigenvalue weighted by Gasteiger charge is -2.31. The van der Waals surface area contributed by atoms with Gasteiger partial charge in [0.25, 0.3) is 0 Å². The number of nitrogens with one attached hydrogen (secondary N) is 1. The molecule has 1 aromatic rings. The summed E-state index contributed by atoms with van der Waals surface area (Å²) in [6, 6.07) is 6.56. The van der Waals surface area contributed by atoms with E-state index in [0.717, 1.165) is 45.0 Å². The highest BCUT2D eigenvalue weighted by molar-refractivity contribution is 7.80. The average molecular weight is 337 g/mol. The standard InChI is InChI=1S/C17H24FN3OS/c1-2-7-19-17(23)21(9-8-20-10-12-22-13-11-20)14-15-3-5-16(18)6-4-15/h2-6H,1,7-14H2,(H,19,23). The Kier molecular flexibility index (Phi) is 7.45. The van der Waals surface area contributed by atoms with Gasteiger partial charge < -0.3 is 15.0 Å². The zero-order valence-electron chi connectivity index (χ0n) is 13.3. The van der Waals surface area contributed by atoms with Gasteiger partial charge >= 0.3 is 0 Å². The van der Waals surface area contributed by atoms with Gasteiger partial charge in [0.05, 0.1) is 13.2 Å². The van der Waals surface area contributed by atoms with Crippen LogP contribution in [0.3, 0.4) is 0 Å². The van der Waals surface area contributed by atoms with Crippen molar-refractivity contribution in [1.29, 1.82) is 0 Å². The first kappa shape index (κ1) is 17.8. The van der Waals surface area contributed by atoms with Crippen molar-refractivity contribution >= 4 is 17.3 Å². The molecule has 1 aliphatic heterocycles. The van der Waals surface area contributed by atoms with Gasteiger partial charge in [-0.1, -0.05) is 18.2 Å². The van der Waals surface area contributed by atoms with Crippen molar-refractivity contribution in [3.05, 3.63) is 48.3 Å². The SMILES string of the molecule is C=CCNC(=S)N(CCN1CCOCC1)Cc1ccc(F)cc1. The summed E-state index contributed by atoms with van der Waals surface area (Å²) in [6.45, 7) is 10.2. The predicted octanol–water partition coefficient (Wildman–Crippen LogP) is 2.02. The minimum absolute atomic E-state index is 0.221. The first-order valence-electron chi connectivity index (χ1n) is 7.87. The highest BCUT2D eigenvalue weighted by Crippen LogP contribution is 2.08. The van der Waals surface area contributed by atoms with E-state index in [1.807, 2.05) is 0 Å². The molecule has 1 aromatic carbocycles. The summed E-state index contributed by atoms with van der Waals surface area (Å²) >= 11 is 5.48. The quantitative estimate of drug-likeness (QED) is 0.607. The number of morpholine rings is 1. The molecule has 0 radical (unpaired) electrons. The van der Waals surface area contributed by atoms with Crippen LogP contribution < -0.4 is 5.32 Å². The van der Waals surface area contributed by atoms with E-state index in [1.165, 1.54) is 12.1 Å². The van der Waals surface area contributed by atoms with Gasteiger partial charge in [0, 0.05) is 39.3 Å². The summed E-state index contributed by atoms with van der Waals surface area (Å²) in [4.78, 5) is 4.48. The van der Waals surface area contributed by atoms with Crippen LogP contribution in [-0.4, -0.2) is 60.8 Å². The zero-order valence-corrected chi connectivity index (χ0v) is 14.2. The van der Waals surface area contributed by atoms with Gasteiger partial charge in [-0.05, 0) is 29.9 Å². The monoisotopic (exact) mass is 337 g/mol. The topological polar surface area (TPSA) is 27.7 Å². The number of hydrogen-bond acceptors (Lipinski definition) is 3. The van der Waals surface area contributed by atoms with Crippen LogP contribution in [-0.2, 0) is 11.3 Å². The van der Waals surface area contributed by atoms with E-state index in [9.17, 15) is 4.39 Å². The smallest absolute Gasteiger partial charge is 0.169 e. The van der Waals surface area contributed by atoms with Gasteiger partial charge in [-0.3, -0.25) is 4.90 Å². The molecule has 0 spiro atoms. The van der Waals surface area contributed by atoms with Crippen LogP contribution in [0.25, 0.3) is 0 Å². The van der Waals surface area contributed by atoms with Gasteiger partial charge in [0.1, 0.15) is 5.82 Å². The van der Waals surface area contributed by atoms with Crippen molar-refractivity contribution in [3.8, 4) is 0 Å². The van der Waals surface area contributed by atoms with E-state index in [0.29, 0.717) is 18.2 Å². The number of hydrogen-bond donors (Lipinski definition) is 1. The van der Waals surface area contributed by atoms with Crippen LogP contribution in [0.4, 0.5) is 4.39 Å².